The van der Waals surface area contributed by atoms with Crippen LogP contribution in [0, 0.1) is 0 Å². The molecule has 3 heterocycles. The maximum Gasteiger partial charge on any atom is 0.193 e. The van der Waals surface area contributed by atoms with Gasteiger partial charge in [-0.05, 0) is 56.1 Å². The Kier molecular flexibility index (Phi) is 5.68. The van der Waals surface area contributed by atoms with Gasteiger partial charge in [0.1, 0.15) is 0 Å². The molecule has 5 nitrogen and oxygen atoms in total. The van der Waals surface area contributed by atoms with Crippen molar-refractivity contribution in [1.29, 1.82) is 0 Å². The topological polar surface area (TPSA) is 43.8 Å². The molecule has 1 unspecified atom stereocenters. The third-order valence-corrected chi connectivity index (χ3v) is 5.67. The van der Waals surface area contributed by atoms with Gasteiger partial charge in [0.15, 0.2) is 5.96 Å². The van der Waals surface area contributed by atoms with Crippen LogP contribution in [0.1, 0.15) is 24.8 Å². The predicted molar refractivity (Wildman–Crippen MR) is 111 cm³/mol. The Bertz CT molecular complexity index is 767. The molecule has 0 aliphatic carbocycles. The van der Waals surface area contributed by atoms with Crippen molar-refractivity contribution in [2.24, 2.45) is 4.99 Å². The second kappa shape index (κ2) is 8.53. The monoisotopic (exact) mass is 363 g/mol. The maximum absolute atomic E-state index is 4.53. The number of aromatic nitrogens is 1. The lowest BCUT2D eigenvalue weighted by Gasteiger charge is -2.25. The number of nitrogens with one attached hydrogen (secondary N) is 1. The first-order chi connectivity index (χ1) is 13.3. The van der Waals surface area contributed by atoms with Gasteiger partial charge in [-0.3, -0.25) is 14.9 Å². The lowest BCUT2D eigenvalue weighted by molar-refractivity contribution is 0.249. The Balaban J connectivity index is 1.36. The lowest BCUT2D eigenvalue weighted by atomic mass is 10.1. The molecular formula is C22H29N5. The summed E-state index contributed by atoms with van der Waals surface area (Å²) in [5, 5.41) is 3.55. The van der Waals surface area contributed by atoms with E-state index in [1.165, 1.54) is 37.9 Å². The van der Waals surface area contributed by atoms with E-state index in [2.05, 4.69) is 49.4 Å². The predicted octanol–water partition coefficient (Wildman–Crippen LogP) is 2.99. The van der Waals surface area contributed by atoms with Gasteiger partial charge in [-0.25, -0.2) is 0 Å². The Labute approximate surface area is 162 Å². The molecule has 142 valence electrons. The van der Waals surface area contributed by atoms with Crippen LogP contribution in [0.2, 0.25) is 0 Å². The van der Waals surface area contributed by atoms with Crippen molar-refractivity contribution in [3.63, 3.8) is 0 Å². The molecule has 0 saturated carbocycles. The van der Waals surface area contributed by atoms with Gasteiger partial charge in [-0.15, -0.1) is 0 Å². The van der Waals surface area contributed by atoms with Gasteiger partial charge in [-0.1, -0.05) is 24.3 Å². The Morgan fingerprint density at radius 1 is 1.15 bits per heavy atom. The molecule has 5 heteroatoms. The van der Waals surface area contributed by atoms with E-state index >= 15 is 0 Å². The Hall–Kier alpha value is -2.40. The van der Waals surface area contributed by atoms with Crippen LogP contribution < -0.4 is 5.32 Å². The molecule has 2 fully saturated rings. The number of rotatable bonds is 4. The van der Waals surface area contributed by atoms with E-state index in [9.17, 15) is 0 Å². The number of aliphatic imine (C=N–C) groups is 1. The van der Waals surface area contributed by atoms with E-state index in [1.807, 2.05) is 31.4 Å². The quantitative estimate of drug-likeness (QED) is 0.670. The van der Waals surface area contributed by atoms with Crippen molar-refractivity contribution >= 4 is 5.96 Å². The summed E-state index contributed by atoms with van der Waals surface area (Å²) in [6, 6.07) is 15.3. The molecule has 0 radical (unpaired) electrons. The summed E-state index contributed by atoms with van der Waals surface area (Å²) < 4.78 is 0. The van der Waals surface area contributed by atoms with Crippen LogP contribution in [0.4, 0.5) is 0 Å². The van der Waals surface area contributed by atoms with Crippen LogP contribution in [0.15, 0.2) is 53.7 Å². The smallest absolute Gasteiger partial charge is 0.193 e. The maximum atomic E-state index is 4.53. The van der Waals surface area contributed by atoms with Gasteiger partial charge >= 0.3 is 0 Å². The van der Waals surface area contributed by atoms with E-state index in [1.54, 1.807) is 0 Å². The SMILES string of the molecule is CN=C(NCc1cccc(-c2ccccn2)c1)N1CCC(N2CCCC2)C1. The second-order valence-electron chi connectivity index (χ2n) is 7.45. The summed E-state index contributed by atoms with van der Waals surface area (Å²) in [5.74, 6) is 1.01. The average molecular weight is 364 g/mol. The van der Waals surface area contributed by atoms with Crippen LogP contribution in [0.3, 0.4) is 0 Å². The molecule has 2 saturated heterocycles. The molecule has 0 amide bonds. The average Bonchev–Trinajstić information content (AvgIpc) is 3.41. The summed E-state index contributed by atoms with van der Waals surface area (Å²) in [6.07, 6.45) is 5.80. The number of guanidine groups is 1. The van der Waals surface area contributed by atoms with E-state index in [0.29, 0.717) is 6.04 Å². The summed E-state index contributed by atoms with van der Waals surface area (Å²) >= 11 is 0. The summed E-state index contributed by atoms with van der Waals surface area (Å²) in [5.41, 5.74) is 3.41. The zero-order chi connectivity index (χ0) is 18.5. The molecule has 27 heavy (non-hydrogen) atoms. The van der Waals surface area contributed by atoms with E-state index in [-0.39, 0.29) is 0 Å². The zero-order valence-electron chi connectivity index (χ0n) is 16.1. The van der Waals surface area contributed by atoms with Crippen LogP contribution in [0.25, 0.3) is 11.3 Å². The molecule has 0 bridgehead atoms. The lowest BCUT2D eigenvalue weighted by Crippen LogP contribution is -2.42. The molecule has 2 aliphatic heterocycles. The van der Waals surface area contributed by atoms with Crippen molar-refractivity contribution in [2.75, 3.05) is 33.2 Å². The fourth-order valence-corrected chi connectivity index (χ4v) is 4.23. The minimum atomic E-state index is 0.693. The number of hydrogen-bond donors (Lipinski definition) is 1. The summed E-state index contributed by atoms with van der Waals surface area (Å²) in [6.45, 7) is 5.50. The van der Waals surface area contributed by atoms with Crippen molar-refractivity contribution in [1.82, 2.24) is 20.1 Å². The highest BCUT2D eigenvalue weighted by Crippen LogP contribution is 2.21. The van der Waals surface area contributed by atoms with Crippen molar-refractivity contribution < 1.29 is 0 Å². The Morgan fingerprint density at radius 3 is 2.81 bits per heavy atom. The van der Waals surface area contributed by atoms with Gasteiger partial charge in [0.25, 0.3) is 0 Å². The van der Waals surface area contributed by atoms with Gasteiger partial charge in [0, 0.05) is 44.5 Å². The fourth-order valence-electron chi connectivity index (χ4n) is 4.23. The zero-order valence-corrected chi connectivity index (χ0v) is 16.1. The van der Waals surface area contributed by atoms with Crippen LogP contribution in [-0.4, -0.2) is 60.0 Å². The minimum Gasteiger partial charge on any atom is -0.352 e. The van der Waals surface area contributed by atoms with Gasteiger partial charge in [-0.2, -0.15) is 0 Å². The van der Waals surface area contributed by atoms with Crippen LogP contribution >= 0.6 is 0 Å². The highest BCUT2D eigenvalue weighted by Gasteiger charge is 2.30. The minimum absolute atomic E-state index is 0.693. The van der Waals surface area contributed by atoms with Gasteiger partial charge < -0.3 is 10.2 Å². The van der Waals surface area contributed by atoms with Gasteiger partial charge in [0.05, 0.1) is 5.69 Å². The van der Waals surface area contributed by atoms with Crippen LogP contribution in [0.5, 0.6) is 0 Å². The summed E-state index contributed by atoms with van der Waals surface area (Å²) in [7, 11) is 1.88. The molecular weight excluding hydrogens is 334 g/mol. The third kappa shape index (κ3) is 4.30. The molecule has 2 aromatic rings. The summed E-state index contributed by atoms with van der Waals surface area (Å²) in [4.78, 5) is 14.0. The molecule has 1 N–H and O–H groups in total. The standard InChI is InChI=1S/C22H29N5/c1-23-22(27-14-10-20(17-27)26-12-4-5-13-26)25-16-18-7-6-8-19(15-18)21-9-2-3-11-24-21/h2-3,6-9,11,15,20H,4-5,10,12-14,16-17H2,1H3,(H,23,25). The van der Waals surface area contributed by atoms with Crippen molar-refractivity contribution in [3.8, 4) is 11.3 Å². The number of nitrogens with zero attached hydrogens (tertiary/aromatic N) is 4. The normalized spacial score (nSPS) is 21.0. The van der Waals surface area contributed by atoms with Gasteiger partial charge in [0.2, 0.25) is 0 Å². The molecule has 1 aromatic heterocycles. The molecule has 1 atom stereocenters. The fraction of sp³-hybridized carbons (Fsp3) is 0.455. The number of benzene rings is 1. The number of hydrogen-bond acceptors (Lipinski definition) is 3. The molecule has 2 aliphatic rings. The molecule has 0 spiro atoms. The number of pyridine rings is 1. The first-order valence-electron chi connectivity index (χ1n) is 10.0. The third-order valence-electron chi connectivity index (χ3n) is 5.67. The largest absolute Gasteiger partial charge is 0.352 e. The van der Waals surface area contributed by atoms with Crippen LogP contribution in [-0.2, 0) is 6.54 Å². The Morgan fingerprint density at radius 2 is 2.04 bits per heavy atom. The number of likely N-dealkylation sites (tertiary alicyclic amines) is 2. The highest BCUT2D eigenvalue weighted by molar-refractivity contribution is 5.80. The second-order valence-corrected chi connectivity index (χ2v) is 7.45. The molecule has 1 aromatic carbocycles. The van der Waals surface area contributed by atoms with E-state index < -0.39 is 0 Å². The first-order valence-corrected chi connectivity index (χ1v) is 10.0. The van der Waals surface area contributed by atoms with Crippen molar-refractivity contribution in [3.05, 3.63) is 54.2 Å². The van der Waals surface area contributed by atoms with E-state index in [0.717, 1.165) is 36.9 Å². The van der Waals surface area contributed by atoms with E-state index in [4.69, 9.17) is 0 Å². The molecule has 4 rings (SSSR count). The first kappa shape index (κ1) is 18.0. The highest BCUT2D eigenvalue weighted by atomic mass is 15.3. The van der Waals surface area contributed by atoms with Crippen molar-refractivity contribution in [2.45, 2.75) is 31.8 Å².